The molecule has 0 saturated heterocycles. The summed E-state index contributed by atoms with van der Waals surface area (Å²) in [5.74, 6) is 1.24. The molecule has 1 aromatic heterocycles. The lowest BCUT2D eigenvalue weighted by Gasteiger charge is -2.10. The molecule has 23 heavy (non-hydrogen) atoms. The number of nitrogens with zero attached hydrogens (tertiary/aromatic N) is 1. The summed E-state index contributed by atoms with van der Waals surface area (Å²) in [6.07, 6.45) is 0.296. The van der Waals surface area contributed by atoms with E-state index in [1.807, 2.05) is 38.1 Å². The molecule has 2 rings (SSSR count). The van der Waals surface area contributed by atoms with E-state index in [1.165, 1.54) is 7.11 Å². The number of furan rings is 1. The van der Waals surface area contributed by atoms with E-state index >= 15 is 0 Å². The number of para-hydroxylation sites is 1. The second-order valence-electron chi connectivity index (χ2n) is 5.09. The van der Waals surface area contributed by atoms with Crippen molar-refractivity contribution in [3.05, 3.63) is 35.6 Å². The Hall–Kier alpha value is -2.50. The lowest BCUT2D eigenvalue weighted by atomic mass is 10.1. The van der Waals surface area contributed by atoms with Crippen LogP contribution in [0.2, 0.25) is 0 Å². The third kappa shape index (κ3) is 4.48. The molecule has 6 heteroatoms. The van der Waals surface area contributed by atoms with E-state index in [1.54, 1.807) is 0 Å². The van der Waals surface area contributed by atoms with E-state index in [-0.39, 0.29) is 5.97 Å². The fourth-order valence-electron chi connectivity index (χ4n) is 2.25. The molecular weight excluding hydrogens is 294 g/mol. The Bertz CT molecular complexity index is 691. The van der Waals surface area contributed by atoms with Gasteiger partial charge < -0.3 is 19.8 Å². The van der Waals surface area contributed by atoms with Crippen LogP contribution in [0.15, 0.2) is 33.7 Å². The standard InChI is InChI=1S/C17H23N3O3/c1-4-18-17(19-10-9-16(21)22-3)20-11-15-12(2)13-7-5-6-8-14(13)23-15/h5-8H,4,9-11H2,1-3H3,(H2,18,19,20). The summed E-state index contributed by atoms with van der Waals surface area (Å²) in [4.78, 5) is 15.6. The molecule has 0 amide bonds. The maximum absolute atomic E-state index is 11.1. The predicted molar refractivity (Wildman–Crippen MR) is 90.4 cm³/mol. The second kappa shape index (κ2) is 8.22. The van der Waals surface area contributed by atoms with Crippen molar-refractivity contribution in [3.63, 3.8) is 0 Å². The number of aryl methyl sites for hydroxylation is 1. The molecule has 1 heterocycles. The zero-order chi connectivity index (χ0) is 16.7. The number of carbonyl (C=O) groups excluding carboxylic acids is 1. The van der Waals surface area contributed by atoms with Gasteiger partial charge in [0.25, 0.3) is 0 Å². The molecule has 124 valence electrons. The summed E-state index contributed by atoms with van der Waals surface area (Å²) >= 11 is 0. The van der Waals surface area contributed by atoms with E-state index in [0.717, 1.165) is 28.8 Å². The van der Waals surface area contributed by atoms with Gasteiger partial charge >= 0.3 is 5.97 Å². The van der Waals surface area contributed by atoms with Crippen molar-refractivity contribution in [2.24, 2.45) is 4.99 Å². The first-order valence-corrected chi connectivity index (χ1v) is 7.71. The second-order valence-corrected chi connectivity index (χ2v) is 5.09. The smallest absolute Gasteiger partial charge is 0.307 e. The number of esters is 1. The van der Waals surface area contributed by atoms with Gasteiger partial charge in [0, 0.05) is 24.0 Å². The van der Waals surface area contributed by atoms with Crippen LogP contribution in [0.4, 0.5) is 0 Å². The van der Waals surface area contributed by atoms with Crippen LogP contribution in [0.25, 0.3) is 11.0 Å². The first-order valence-electron chi connectivity index (χ1n) is 7.71. The van der Waals surface area contributed by atoms with Gasteiger partial charge in [0.2, 0.25) is 0 Å². The Balaban J connectivity index is 2.03. The average molecular weight is 317 g/mol. The zero-order valence-corrected chi connectivity index (χ0v) is 13.8. The molecule has 2 N–H and O–H groups in total. The molecule has 0 unspecified atom stereocenters. The molecule has 0 spiro atoms. The molecule has 0 aliphatic carbocycles. The van der Waals surface area contributed by atoms with Crippen molar-refractivity contribution in [3.8, 4) is 0 Å². The van der Waals surface area contributed by atoms with Crippen LogP contribution < -0.4 is 10.6 Å². The molecule has 0 atom stereocenters. The maximum Gasteiger partial charge on any atom is 0.307 e. The third-order valence-corrected chi connectivity index (χ3v) is 3.52. The number of aliphatic imine (C=N–C) groups is 1. The van der Waals surface area contributed by atoms with Gasteiger partial charge in [-0.1, -0.05) is 18.2 Å². The lowest BCUT2D eigenvalue weighted by Crippen LogP contribution is -2.38. The number of carbonyl (C=O) groups is 1. The number of rotatable bonds is 6. The minimum atomic E-state index is -0.249. The van der Waals surface area contributed by atoms with Gasteiger partial charge in [-0.3, -0.25) is 4.79 Å². The molecule has 6 nitrogen and oxygen atoms in total. The predicted octanol–water partition coefficient (Wildman–Crippen LogP) is 2.36. The molecule has 0 saturated carbocycles. The minimum absolute atomic E-state index is 0.249. The van der Waals surface area contributed by atoms with E-state index < -0.39 is 0 Å². The third-order valence-electron chi connectivity index (χ3n) is 3.52. The fourth-order valence-corrected chi connectivity index (χ4v) is 2.25. The van der Waals surface area contributed by atoms with Crippen molar-refractivity contribution >= 4 is 22.9 Å². The number of guanidine groups is 1. The summed E-state index contributed by atoms with van der Waals surface area (Å²) in [7, 11) is 1.38. The van der Waals surface area contributed by atoms with E-state index in [4.69, 9.17) is 4.42 Å². The number of ether oxygens (including phenoxy) is 1. The van der Waals surface area contributed by atoms with Gasteiger partial charge in [0.15, 0.2) is 5.96 Å². The minimum Gasteiger partial charge on any atom is -0.469 e. The molecule has 0 aliphatic heterocycles. The van der Waals surface area contributed by atoms with E-state index in [0.29, 0.717) is 25.5 Å². The van der Waals surface area contributed by atoms with Gasteiger partial charge in [0.05, 0.1) is 13.5 Å². The quantitative estimate of drug-likeness (QED) is 0.486. The highest BCUT2D eigenvalue weighted by molar-refractivity contribution is 5.82. The van der Waals surface area contributed by atoms with Crippen molar-refractivity contribution in [2.75, 3.05) is 20.2 Å². The van der Waals surface area contributed by atoms with Crippen LogP contribution in [-0.4, -0.2) is 32.1 Å². The van der Waals surface area contributed by atoms with Crippen LogP contribution in [0.1, 0.15) is 24.7 Å². The molecular formula is C17H23N3O3. The van der Waals surface area contributed by atoms with E-state index in [9.17, 15) is 4.79 Å². The van der Waals surface area contributed by atoms with Crippen LogP contribution in [0.5, 0.6) is 0 Å². The number of benzene rings is 1. The maximum atomic E-state index is 11.1. The monoisotopic (exact) mass is 317 g/mol. The molecule has 0 fully saturated rings. The van der Waals surface area contributed by atoms with Gasteiger partial charge in [-0.05, 0) is 19.9 Å². The largest absolute Gasteiger partial charge is 0.469 e. The Kier molecular flexibility index (Phi) is 6.02. The Morgan fingerprint density at radius 2 is 2.09 bits per heavy atom. The van der Waals surface area contributed by atoms with Gasteiger partial charge in [-0.15, -0.1) is 0 Å². The zero-order valence-electron chi connectivity index (χ0n) is 13.8. The first-order chi connectivity index (χ1) is 11.2. The summed E-state index contributed by atoms with van der Waals surface area (Å²) in [6.45, 7) is 5.67. The SMILES string of the molecule is CCNC(=NCc1oc2ccccc2c1C)NCCC(=O)OC. The molecule has 0 aliphatic rings. The van der Waals surface area contributed by atoms with Crippen molar-refractivity contribution in [1.29, 1.82) is 0 Å². The summed E-state index contributed by atoms with van der Waals surface area (Å²) in [6, 6.07) is 7.95. The Morgan fingerprint density at radius 1 is 1.30 bits per heavy atom. The van der Waals surface area contributed by atoms with Crippen molar-refractivity contribution in [1.82, 2.24) is 10.6 Å². The highest BCUT2D eigenvalue weighted by Crippen LogP contribution is 2.25. The van der Waals surface area contributed by atoms with Crippen LogP contribution in [-0.2, 0) is 16.1 Å². The van der Waals surface area contributed by atoms with Gasteiger partial charge in [0.1, 0.15) is 17.9 Å². The molecule has 0 bridgehead atoms. The summed E-state index contributed by atoms with van der Waals surface area (Å²) in [5.41, 5.74) is 1.98. The Morgan fingerprint density at radius 3 is 2.78 bits per heavy atom. The normalized spacial score (nSPS) is 11.5. The number of methoxy groups -OCH3 is 1. The molecule has 1 aromatic carbocycles. The number of hydrogen-bond donors (Lipinski definition) is 2. The number of hydrogen-bond acceptors (Lipinski definition) is 4. The van der Waals surface area contributed by atoms with Crippen LogP contribution in [0.3, 0.4) is 0 Å². The molecule has 0 radical (unpaired) electrons. The summed E-state index contributed by atoms with van der Waals surface area (Å²) in [5, 5.41) is 7.36. The van der Waals surface area contributed by atoms with Gasteiger partial charge in [-0.2, -0.15) is 0 Å². The molecule has 2 aromatic rings. The van der Waals surface area contributed by atoms with Crippen molar-refractivity contribution < 1.29 is 13.9 Å². The first kappa shape index (κ1) is 16.9. The van der Waals surface area contributed by atoms with Crippen molar-refractivity contribution in [2.45, 2.75) is 26.8 Å². The number of fused-ring (bicyclic) bond motifs is 1. The fraction of sp³-hybridized carbons (Fsp3) is 0.412. The van der Waals surface area contributed by atoms with Crippen LogP contribution in [0, 0.1) is 6.92 Å². The lowest BCUT2D eigenvalue weighted by molar-refractivity contribution is -0.140. The highest BCUT2D eigenvalue weighted by atomic mass is 16.5. The highest BCUT2D eigenvalue weighted by Gasteiger charge is 2.09. The van der Waals surface area contributed by atoms with Crippen LogP contribution >= 0.6 is 0 Å². The summed E-state index contributed by atoms with van der Waals surface area (Å²) < 4.78 is 10.5. The topological polar surface area (TPSA) is 75.9 Å². The average Bonchev–Trinajstić information content (AvgIpc) is 2.89. The number of nitrogens with one attached hydrogen (secondary N) is 2. The van der Waals surface area contributed by atoms with E-state index in [2.05, 4.69) is 20.4 Å². The van der Waals surface area contributed by atoms with Gasteiger partial charge in [-0.25, -0.2) is 4.99 Å². The Labute approximate surface area is 135 Å².